The normalized spacial score (nSPS) is 11.9. The van der Waals surface area contributed by atoms with Gasteiger partial charge in [0.15, 0.2) is 0 Å². The molecule has 0 spiro atoms. The van der Waals surface area contributed by atoms with Crippen LogP contribution in [-0.4, -0.2) is 11.8 Å². The Balaban J connectivity index is 2.44. The predicted octanol–water partition coefficient (Wildman–Crippen LogP) is 2.35. The fourth-order valence-corrected chi connectivity index (χ4v) is 1.18. The van der Waals surface area contributed by atoms with Gasteiger partial charge in [-0.2, -0.15) is 0 Å². The van der Waals surface area contributed by atoms with Crippen LogP contribution in [0.5, 0.6) is 0 Å². The summed E-state index contributed by atoms with van der Waals surface area (Å²) in [5.41, 5.74) is 0.882. The molecule has 1 aromatic rings. The third kappa shape index (κ3) is 3.50. The van der Waals surface area contributed by atoms with Crippen LogP contribution < -0.4 is 0 Å². The van der Waals surface area contributed by atoms with Gasteiger partial charge in [-0.05, 0) is 12.0 Å². The van der Waals surface area contributed by atoms with Crippen LogP contribution in [0.1, 0.15) is 25.8 Å². The number of esters is 1. The van der Waals surface area contributed by atoms with Crippen LogP contribution in [0.4, 0.5) is 0 Å². The van der Waals surface area contributed by atoms with Crippen molar-refractivity contribution < 1.29 is 14.3 Å². The van der Waals surface area contributed by atoms with E-state index in [-0.39, 0.29) is 12.5 Å². The second-order valence-corrected chi connectivity index (χ2v) is 3.74. The first-order chi connectivity index (χ1) is 7.65. The zero-order valence-electron chi connectivity index (χ0n) is 9.60. The molecule has 1 aromatic carbocycles. The molecule has 1 atom stereocenters. The molecular formula is C13H16O3. The van der Waals surface area contributed by atoms with Crippen LogP contribution in [0.2, 0.25) is 0 Å². The third-order valence-electron chi connectivity index (χ3n) is 2.47. The van der Waals surface area contributed by atoms with Gasteiger partial charge in [-0.15, -0.1) is 0 Å². The fraction of sp³-hybridized carbons (Fsp3) is 0.385. The maximum atomic E-state index is 11.4. The number of ether oxygens (including phenoxy) is 1. The van der Waals surface area contributed by atoms with Gasteiger partial charge in [0.1, 0.15) is 6.61 Å². The summed E-state index contributed by atoms with van der Waals surface area (Å²) in [7, 11) is 0. The predicted molar refractivity (Wildman–Crippen MR) is 60.7 cm³/mol. The van der Waals surface area contributed by atoms with E-state index >= 15 is 0 Å². The smallest absolute Gasteiger partial charge is 0.375 e. The first kappa shape index (κ1) is 12.4. The van der Waals surface area contributed by atoms with Crippen molar-refractivity contribution in [2.45, 2.75) is 26.9 Å². The number of carbonyl (C=O) groups excluding carboxylic acids is 2. The van der Waals surface area contributed by atoms with Crippen molar-refractivity contribution in [3.05, 3.63) is 35.9 Å². The molecule has 0 amide bonds. The second kappa shape index (κ2) is 6.05. The van der Waals surface area contributed by atoms with Gasteiger partial charge in [0, 0.05) is 5.92 Å². The van der Waals surface area contributed by atoms with E-state index in [1.807, 2.05) is 37.3 Å². The highest BCUT2D eigenvalue weighted by Crippen LogP contribution is 2.06. The van der Waals surface area contributed by atoms with Crippen LogP contribution in [-0.2, 0) is 20.9 Å². The van der Waals surface area contributed by atoms with Crippen LogP contribution in [0, 0.1) is 5.92 Å². The lowest BCUT2D eigenvalue weighted by Gasteiger charge is -2.07. The largest absolute Gasteiger partial charge is 0.455 e. The highest BCUT2D eigenvalue weighted by atomic mass is 16.5. The molecule has 0 aromatic heterocycles. The standard InChI is InChI=1S/C13H16O3/c1-3-10(2)12(14)13(15)16-9-11-7-5-4-6-8-11/h4-8,10H,3,9H2,1-2H3. The number of Topliss-reactive ketones (excluding diaryl/α,β-unsaturated/α-hetero) is 1. The molecule has 3 nitrogen and oxygen atoms in total. The summed E-state index contributed by atoms with van der Waals surface area (Å²) in [6.45, 7) is 3.75. The Labute approximate surface area is 95.4 Å². The molecule has 0 heterocycles. The number of hydrogen-bond donors (Lipinski definition) is 0. The Hall–Kier alpha value is -1.64. The minimum absolute atomic E-state index is 0.155. The van der Waals surface area contributed by atoms with Gasteiger partial charge in [-0.3, -0.25) is 4.79 Å². The average Bonchev–Trinajstić information content (AvgIpc) is 2.35. The molecule has 1 rings (SSSR count). The summed E-state index contributed by atoms with van der Waals surface area (Å²) in [5, 5.41) is 0. The van der Waals surface area contributed by atoms with Crippen molar-refractivity contribution >= 4 is 11.8 Å². The maximum absolute atomic E-state index is 11.4. The maximum Gasteiger partial charge on any atom is 0.375 e. The van der Waals surface area contributed by atoms with E-state index < -0.39 is 11.8 Å². The third-order valence-corrected chi connectivity index (χ3v) is 2.47. The molecule has 16 heavy (non-hydrogen) atoms. The van der Waals surface area contributed by atoms with Crippen LogP contribution >= 0.6 is 0 Å². The average molecular weight is 220 g/mol. The molecule has 0 N–H and O–H groups in total. The second-order valence-electron chi connectivity index (χ2n) is 3.74. The summed E-state index contributed by atoms with van der Waals surface area (Å²) < 4.78 is 4.92. The van der Waals surface area contributed by atoms with E-state index in [4.69, 9.17) is 4.74 Å². The Kier molecular flexibility index (Phi) is 4.70. The van der Waals surface area contributed by atoms with Crippen molar-refractivity contribution in [1.82, 2.24) is 0 Å². The van der Waals surface area contributed by atoms with Crippen LogP contribution in [0.3, 0.4) is 0 Å². The van der Waals surface area contributed by atoms with Crippen molar-refractivity contribution in [2.75, 3.05) is 0 Å². The van der Waals surface area contributed by atoms with E-state index in [2.05, 4.69) is 0 Å². The number of rotatable bonds is 5. The van der Waals surface area contributed by atoms with E-state index in [1.165, 1.54) is 0 Å². The first-order valence-corrected chi connectivity index (χ1v) is 5.40. The molecule has 0 fully saturated rings. The Morgan fingerprint density at radius 2 is 1.88 bits per heavy atom. The summed E-state index contributed by atoms with van der Waals surface area (Å²) in [6.07, 6.45) is 0.652. The minimum atomic E-state index is -0.738. The first-order valence-electron chi connectivity index (χ1n) is 5.40. The minimum Gasteiger partial charge on any atom is -0.455 e. The summed E-state index contributed by atoms with van der Waals surface area (Å²) >= 11 is 0. The summed E-state index contributed by atoms with van der Waals surface area (Å²) in [5.74, 6) is -1.44. The molecule has 0 saturated heterocycles. The van der Waals surface area contributed by atoms with Gasteiger partial charge in [0.25, 0.3) is 0 Å². The number of carbonyl (C=O) groups is 2. The van der Waals surface area contributed by atoms with Gasteiger partial charge in [0.2, 0.25) is 5.78 Å². The van der Waals surface area contributed by atoms with Gasteiger partial charge in [0.05, 0.1) is 0 Å². The molecule has 1 unspecified atom stereocenters. The fourth-order valence-electron chi connectivity index (χ4n) is 1.18. The lowest BCUT2D eigenvalue weighted by Crippen LogP contribution is -2.23. The quantitative estimate of drug-likeness (QED) is 0.565. The van der Waals surface area contributed by atoms with Crippen molar-refractivity contribution in [2.24, 2.45) is 5.92 Å². The number of ketones is 1. The van der Waals surface area contributed by atoms with Crippen molar-refractivity contribution in [3.63, 3.8) is 0 Å². The van der Waals surface area contributed by atoms with Crippen LogP contribution in [0.25, 0.3) is 0 Å². The van der Waals surface area contributed by atoms with Crippen molar-refractivity contribution in [3.8, 4) is 0 Å². The van der Waals surface area contributed by atoms with Crippen LogP contribution in [0.15, 0.2) is 30.3 Å². The molecule has 0 saturated carbocycles. The Morgan fingerprint density at radius 1 is 1.25 bits per heavy atom. The highest BCUT2D eigenvalue weighted by Gasteiger charge is 2.21. The lowest BCUT2D eigenvalue weighted by atomic mass is 10.0. The van der Waals surface area contributed by atoms with Gasteiger partial charge in [-0.25, -0.2) is 4.79 Å². The monoisotopic (exact) mass is 220 g/mol. The lowest BCUT2D eigenvalue weighted by molar-refractivity contribution is -0.156. The topological polar surface area (TPSA) is 43.4 Å². The van der Waals surface area contributed by atoms with E-state index in [1.54, 1.807) is 6.92 Å². The van der Waals surface area contributed by atoms with E-state index in [9.17, 15) is 9.59 Å². The summed E-state index contributed by atoms with van der Waals surface area (Å²) in [4.78, 5) is 22.8. The zero-order chi connectivity index (χ0) is 12.0. The molecular weight excluding hydrogens is 204 g/mol. The molecule has 0 bridgehead atoms. The van der Waals surface area contributed by atoms with Gasteiger partial charge < -0.3 is 4.74 Å². The zero-order valence-corrected chi connectivity index (χ0v) is 9.60. The van der Waals surface area contributed by atoms with E-state index in [0.717, 1.165) is 5.56 Å². The van der Waals surface area contributed by atoms with Gasteiger partial charge >= 0.3 is 5.97 Å². The molecule has 0 aliphatic rings. The molecule has 0 aliphatic carbocycles. The van der Waals surface area contributed by atoms with Gasteiger partial charge in [-0.1, -0.05) is 44.2 Å². The molecule has 3 heteroatoms. The number of hydrogen-bond acceptors (Lipinski definition) is 3. The van der Waals surface area contributed by atoms with E-state index in [0.29, 0.717) is 6.42 Å². The molecule has 0 aliphatic heterocycles. The summed E-state index contributed by atoms with van der Waals surface area (Å²) in [6, 6.07) is 9.30. The SMILES string of the molecule is CCC(C)C(=O)C(=O)OCc1ccccc1. The molecule has 0 radical (unpaired) electrons. The Bertz CT molecular complexity index is 357. The van der Waals surface area contributed by atoms with Crippen molar-refractivity contribution in [1.29, 1.82) is 0 Å². The number of benzene rings is 1. The Morgan fingerprint density at radius 3 is 2.44 bits per heavy atom. The highest BCUT2D eigenvalue weighted by molar-refractivity contribution is 6.34. The molecule has 86 valence electrons.